The number of allylic oxidation sites excluding steroid dienone is 9. The molecule has 0 heterocycles. The van der Waals surface area contributed by atoms with Crippen LogP contribution >= 0.6 is 0 Å². The highest BCUT2D eigenvalue weighted by Gasteiger charge is 2.19. The summed E-state index contributed by atoms with van der Waals surface area (Å²) < 4.78 is 16.5. The molecule has 0 amide bonds. The zero-order valence-corrected chi connectivity index (χ0v) is 32.4. The Labute approximate surface area is 307 Å². The number of hydrogen-bond donors (Lipinski definition) is 0. The van der Waals surface area contributed by atoms with Gasteiger partial charge in [-0.1, -0.05) is 165 Å². The quantitative estimate of drug-likeness (QED) is 0.0284. The highest BCUT2D eigenvalue weighted by Crippen LogP contribution is 2.13. The lowest BCUT2D eigenvalue weighted by molar-refractivity contribution is -0.166. The van der Waals surface area contributed by atoms with Gasteiger partial charge in [-0.15, -0.1) is 0 Å². The first kappa shape index (κ1) is 47.1. The van der Waals surface area contributed by atoms with Crippen LogP contribution in [0.1, 0.15) is 181 Å². The molecule has 0 fully saturated rings. The second-order valence-corrected chi connectivity index (χ2v) is 13.2. The summed E-state index contributed by atoms with van der Waals surface area (Å²) in [5, 5.41) is 0. The Balaban J connectivity index is 4.47. The third-order valence-corrected chi connectivity index (χ3v) is 8.30. The van der Waals surface area contributed by atoms with Crippen LogP contribution in [0.5, 0.6) is 0 Å². The molecule has 50 heavy (non-hydrogen) atoms. The average Bonchev–Trinajstić information content (AvgIpc) is 3.11. The van der Waals surface area contributed by atoms with Crippen LogP contribution in [0.15, 0.2) is 60.8 Å². The van der Waals surface area contributed by atoms with Crippen LogP contribution in [0, 0.1) is 0 Å². The summed E-state index contributed by atoms with van der Waals surface area (Å²) >= 11 is 0. The molecule has 1 unspecified atom stereocenters. The predicted molar refractivity (Wildman–Crippen MR) is 210 cm³/mol. The van der Waals surface area contributed by atoms with Crippen molar-refractivity contribution in [3.05, 3.63) is 60.8 Å². The molecule has 0 aromatic heterocycles. The topological polar surface area (TPSA) is 78.9 Å². The van der Waals surface area contributed by atoms with Crippen LogP contribution in [-0.4, -0.2) is 37.2 Å². The van der Waals surface area contributed by atoms with Crippen LogP contribution in [0.4, 0.5) is 0 Å². The number of carbonyl (C=O) groups is 3. The van der Waals surface area contributed by atoms with E-state index in [-0.39, 0.29) is 31.6 Å². The molecule has 0 saturated carbocycles. The lowest BCUT2D eigenvalue weighted by atomic mass is 10.1. The molecule has 0 spiro atoms. The summed E-state index contributed by atoms with van der Waals surface area (Å²) in [5.74, 6) is -1.06. The second kappa shape index (κ2) is 38.9. The van der Waals surface area contributed by atoms with E-state index in [1.54, 1.807) is 6.08 Å². The van der Waals surface area contributed by atoms with E-state index in [1.807, 2.05) is 6.08 Å². The van der Waals surface area contributed by atoms with Crippen molar-refractivity contribution in [1.82, 2.24) is 0 Å². The van der Waals surface area contributed by atoms with E-state index in [0.717, 1.165) is 89.9 Å². The molecule has 0 radical (unpaired) electrons. The first-order valence-electron chi connectivity index (χ1n) is 20.3. The van der Waals surface area contributed by atoms with Gasteiger partial charge in [0.15, 0.2) is 6.10 Å². The molecule has 0 aromatic rings. The van der Waals surface area contributed by atoms with Crippen molar-refractivity contribution in [2.75, 3.05) is 13.2 Å². The molecule has 0 aliphatic rings. The van der Waals surface area contributed by atoms with E-state index in [4.69, 9.17) is 14.2 Å². The molecule has 0 aliphatic carbocycles. The van der Waals surface area contributed by atoms with E-state index in [1.165, 1.54) is 51.4 Å². The van der Waals surface area contributed by atoms with Gasteiger partial charge in [0, 0.05) is 12.8 Å². The zero-order chi connectivity index (χ0) is 36.6. The van der Waals surface area contributed by atoms with E-state index in [2.05, 4.69) is 69.4 Å². The minimum absolute atomic E-state index is 0.108. The molecule has 1 atom stereocenters. The van der Waals surface area contributed by atoms with E-state index >= 15 is 0 Å². The summed E-state index contributed by atoms with van der Waals surface area (Å²) in [4.78, 5) is 37.4. The van der Waals surface area contributed by atoms with Crippen molar-refractivity contribution in [2.45, 2.75) is 187 Å². The summed E-state index contributed by atoms with van der Waals surface area (Å²) in [5.41, 5.74) is 0. The van der Waals surface area contributed by atoms with Crippen molar-refractivity contribution >= 4 is 17.9 Å². The molecular weight excluding hydrogens is 624 g/mol. The van der Waals surface area contributed by atoms with Crippen LogP contribution in [0.3, 0.4) is 0 Å². The third kappa shape index (κ3) is 36.4. The van der Waals surface area contributed by atoms with Crippen LogP contribution in [-0.2, 0) is 28.6 Å². The van der Waals surface area contributed by atoms with Gasteiger partial charge in [0.2, 0.25) is 0 Å². The van der Waals surface area contributed by atoms with Crippen LogP contribution < -0.4 is 0 Å². The Hall–Kier alpha value is -2.89. The van der Waals surface area contributed by atoms with Crippen molar-refractivity contribution in [2.24, 2.45) is 0 Å². The molecule has 0 N–H and O–H groups in total. The van der Waals surface area contributed by atoms with Crippen molar-refractivity contribution in [3.8, 4) is 0 Å². The van der Waals surface area contributed by atoms with Crippen molar-refractivity contribution < 1.29 is 28.6 Å². The van der Waals surface area contributed by atoms with Crippen LogP contribution in [0.2, 0.25) is 0 Å². The second-order valence-electron chi connectivity index (χ2n) is 13.2. The van der Waals surface area contributed by atoms with E-state index in [9.17, 15) is 14.4 Å². The molecule has 6 heteroatoms. The normalized spacial score (nSPS) is 12.6. The van der Waals surface area contributed by atoms with E-state index in [0.29, 0.717) is 12.8 Å². The number of esters is 3. The Morgan fingerprint density at radius 1 is 0.440 bits per heavy atom. The average molecular weight is 699 g/mol. The summed E-state index contributed by atoms with van der Waals surface area (Å²) in [6.45, 7) is 6.26. The smallest absolute Gasteiger partial charge is 0.309 e. The third-order valence-electron chi connectivity index (χ3n) is 8.30. The van der Waals surface area contributed by atoms with Gasteiger partial charge in [-0.3, -0.25) is 14.4 Å². The number of rotatable bonds is 35. The Morgan fingerprint density at radius 2 is 0.860 bits per heavy atom. The molecule has 6 nitrogen and oxygen atoms in total. The number of unbranched alkanes of at least 4 members (excludes halogenated alkanes) is 15. The molecule has 0 aromatic carbocycles. The summed E-state index contributed by atoms with van der Waals surface area (Å²) in [7, 11) is 0. The number of ether oxygens (including phenoxy) is 3. The number of carbonyl (C=O) groups excluding carboxylic acids is 3. The SMILES string of the molecule is CC/C=C\C/C=C\C/C=C\CC(=O)OCC(COC(=O)CCCCCCC/C=C\C/C=C\CC)OC(=O)CCCCCCCCCCCCC. The Morgan fingerprint density at radius 3 is 1.40 bits per heavy atom. The maximum Gasteiger partial charge on any atom is 0.309 e. The van der Waals surface area contributed by atoms with Gasteiger partial charge in [0.25, 0.3) is 0 Å². The Bertz CT molecular complexity index is 944. The molecule has 0 saturated heterocycles. The Kier molecular flexibility index (Phi) is 36.7. The van der Waals surface area contributed by atoms with Gasteiger partial charge in [0.05, 0.1) is 6.42 Å². The monoisotopic (exact) mass is 699 g/mol. The molecular formula is C44H74O6. The molecule has 0 aliphatic heterocycles. The highest BCUT2D eigenvalue weighted by molar-refractivity contribution is 5.72. The first-order chi connectivity index (χ1) is 24.5. The minimum Gasteiger partial charge on any atom is -0.462 e. The van der Waals surface area contributed by atoms with Gasteiger partial charge in [0.1, 0.15) is 13.2 Å². The van der Waals surface area contributed by atoms with Gasteiger partial charge in [-0.2, -0.15) is 0 Å². The van der Waals surface area contributed by atoms with Crippen LogP contribution in [0.25, 0.3) is 0 Å². The maximum atomic E-state index is 12.6. The molecule has 0 bridgehead atoms. The highest BCUT2D eigenvalue weighted by atomic mass is 16.6. The predicted octanol–water partition coefficient (Wildman–Crippen LogP) is 12.6. The van der Waals surface area contributed by atoms with Gasteiger partial charge in [-0.25, -0.2) is 0 Å². The lowest BCUT2D eigenvalue weighted by Crippen LogP contribution is -2.30. The largest absolute Gasteiger partial charge is 0.462 e. The first-order valence-corrected chi connectivity index (χ1v) is 20.3. The van der Waals surface area contributed by atoms with Gasteiger partial charge >= 0.3 is 17.9 Å². The molecule has 0 rings (SSSR count). The van der Waals surface area contributed by atoms with Crippen molar-refractivity contribution in [1.29, 1.82) is 0 Å². The minimum atomic E-state index is -0.809. The lowest BCUT2D eigenvalue weighted by Gasteiger charge is -2.18. The van der Waals surface area contributed by atoms with Crippen molar-refractivity contribution in [3.63, 3.8) is 0 Å². The van der Waals surface area contributed by atoms with E-state index < -0.39 is 12.1 Å². The fourth-order valence-corrected chi connectivity index (χ4v) is 5.30. The van der Waals surface area contributed by atoms with Gasteiger partial charge in [-0.05, 0) is 57.8 Å². The maximum absolute atomic E-state index is 12.6. The fourth-order valence-electron chi connectivity index (χ4n) is 5.30. The summed E-state index contributed by atoms with van der Waals surface area (Å²) in [6, 6.07) is 0. The molecule has 286 valence electrons. The standard InChI is InChI=1S/C44H74O6/c1-4-7-10-13-16-19-21-23-25-28-31-34-37-43(46)49-40-41(39-48-42(45)36-33-30-27-24-18-15-12-9-6-3)50-44(47)38-35-32-29-26-22-20-17-14-11-8-5-2/h7,9-10,12,16,18-19,24,30,33,41H,4-6,8,11,13-15,17,20-23,25-29,31-32,34-40H2,1-3H3/b10-7-,12-9-,19-16-,24-18-,33-30-. The van der Waals surface area contributed by atoms with Gasteiger partial charge < -0.3 is 14.2 Å². The fraction of sp³-hybridized carbons (Fsp3) is 0.705. The summed E-state index contributed by atoms with van der Waals surface area (Å²) in [6.07, 6.45) is 45.2. The number of hydrogen-bond acceptors (Lipinski definition) is 6. The zero-order valence-electron chi connectivity index (χ0n) is 32.4.